The topological polar surface area (TPSA) is 48.0 Å². The minimum atomic E-state index is 0.0715. The fraction of sp³-hybridized carbons (Fsp3) is 0.367. The van der Waals surface area contributed by atoms with Gasteiger partial charge in [0.15, 0.2) is 0 Å². The van der Waals surface area contributed by atoms with E-state index in [4.69, 9.17) is 14.2 Å². The van der Waals surface area contributed by atoms with E-state index in [0.29, 0.717) is 19.5 Å². The zero-order valence-electron chi connectivity index (χ0n) is 21.5. The van der Waals surface area contributed by atoms with Gasteiger partial charge >= 0.3 is 0 Å². The summed E-state index contributed by atoms with van der Waals surface area (Å²) in [5, 5.41) is 0. The predicted octanol–water partition coefficient (Wildman–Crippen LogP) is 6.45. The Hall–Kier alpha value is -3.47. The highest BCUT2D eigenvalue weighted by Crippen LogP contribution is 2.35. The number of carbonyl (C=O) groups excluding carboxylic acids is 1. The molecule has 186 valence electrons. The van der Waals surface area contributed by atoms with E-state index in [1.54, 1.807) is 14.2 Å². The smallest absolute Gasteiger partial charge is 0.222 e. The van der Waals surface area contributed by atoms with E-state index in [1.807, 2.05) is 80.3 Å². The van der Waals surface area contributed by atoms with Gasteiger partial charge in [0.25, 0.3) is 0 Å². The molecule has 0 bridgehead atoms. The first kappa shape index (κ1) is 26.1. The second-order valence-electron chi connectivity index (χ2n) is 8.84. The lowest BCUT2D eigenvalue weighted by Crippen LogP contribution is -2.31. The van der Waals surface area contributed by atoms with Crippen molar-refractivity contribution in [2.24, 2.45) is 0 Å². The van der Waals surface area contributed by atoms with Crippen LogP contribution < -0.4 is 14.2 Å². The van der Waals surface area contributed by atoms with Crippen LogP contribution in [-0.2, 0) is 11.3 Å². The van der Waals surface area contributed by atoms with Crippen molar-refractivity contribution in [2.75, 3.05) is 20.8 Å². The van der Waals surface area contributed by atoms with Crippen molar-refractivity contribution < 1.29 is 19.0 Å². The van der Waals surface area contributed by atoms with Crippen LogP contribution in [0.2, 0.25) is 0 Å². The molecular formula is C30H37NO4. The van der Waals surface area contributed by atoms with Crippen molar-refractivity contribution in [3.8, 4) is 17.2 Å². The number of methoxy groups -OCH3 is 2. The Balaban J connectivity index is 1.86. The predicted molar refractivity (Wildman–Crippen MR) is 140 cm³/mol. The van der Waals surface area contributed by atoms with Crippen LogP contribution in [0.1, 0.15) is 56.2 Å². The minimum absolute atomic E-state index is 0.0715. The monoisotopic (exact) mass is 475 g/mol. The molecule has 1 amide bonds. The molecule has 35 heavy (non-hydrogen) atoms. The number of hydrogen-bond acceptors (Lipinski definition) is 4. The van der Waals surface area contributed by atoms with E-state index in [2.05, 4.69) is 18.2 Å². The van der Waals surface area contributed by atoms with Crippen LogP contribution in [0.25, 0.3) is 0 Å². The van der Waals surface area contributed by atoms with Gasteiger partial charge in [0, 0.05) is 31.0 Å². The van der Waals surface area contributed by atoms with Gasteiger partial charge in [-0.05, 0) is 61.7 Å². The molecule has 0 N–H and O–H groups in total. The lowest BCUT2D eigenvalue weighted by Gasteiger charge is -2.27. The van der Waals surface area contributed by atoms with Gasteiger partial charge in [0.2, 0.25) is 5.91 Å². The second kappa shape index (κ2) is 12.8. The molecule has 1 unspecified atom stereocenters. The Morgan fingerprint density at radius 1 is 0.857 bits per heavy atom. The molecule has 0 fully saturated rings. The van der Waals surface area contributed by atoms with Gasteiger partial charge in [-0.2, -0.15) is 0 Å². The van der Waals surface area contributed by atoms with Gasteiger partial charge in [-0.15, -0.1) is 0 Å². The summed E-state index contributed by atoms with van der Waals surface area (Å²) in [4.78, 5) is 14.8. The molecule has 0 radical (unpaired) electrons. The number of ether oxygens (including phenoxy) is 3. The lowest BCUT2D eigenvalue weighted by molar-refractivity contribution is -0.131. The Labute approximate surface area is 209 Å². The summed E-state index contributed by atoms with van der Waals surface area (Å²) < 4.78 is 16.8. The van der Waals surface area contributed by atoms with Gasteiger partial charge in [-0.1, -0.05) is 49.4 Å². The van der Waals surface area contributed by atoms with E-state index in [-0.39, 0.29) is 17.9 Å². The highest BCUT2D eigenvalue weighted by Gasteiger charge is 2.21. The maximum atomic E-state index is 12.9. The number of carbonyl (C=O) groups is 1. The van der Waals surface area contributed by atoms with Crippen molar-refractivity contribution in [3.63, 3.8) is 0 Å². The Kier molecular flexibility index (Phi) is 9.59. The number of nitrogens with zero attached hydrogens (tertiary/aromatic N) is 1. The van der Waals surface area contributed by atoms with Crippen LogP contribution in [0.4, 0.5) is 0 Å². The summed E-state index contributed by atoms with van der Waals surface area (Å²) in [5.74, 6) is 2.72. The van der Waals surface area contributed by atoms with E-state index < -0.39 is 0 Å². The van der Waals surface area contributed by atoms with Crippen LogP contribution in [0, 0.1) is 0 Å². The highest BCUT2D eigenvalue weighted by atomic mass is 16.5. The highest BCUT2D eigenvalue weighted by molar-refractivity contribution is 5.75. The molecule has 0 aromatic heterocycles. The summed E-state index contributed by atoms with van der Waals surface area (Å²) in [6.07, 6.45) is 1.36. The Morgan fingerprint density at radius 2 is 1.51 bits per heavy atom. The van der Waals surface area contributed by atoms with E-state index >= 15 is 0 Å². The fourth-order valence-corrected chi connectivity index (χ4v) is 4.26. The molecule has 1 atom stereocenters. The average molecular weight is 476 g/mol. The molecule has 3 aromatic rings. The maximum absolute atomic E-state index is 12.9. The molecule has 0 aliphatic rings. The molecule has 0 saturated carbocycles. The third-order valence-corrected chi connectivity index (χ3v) is 6.04. The standard InChI is InChI=1S/C30H37NO4/c1-6-30(32)31(21-23-11-15-25(33-4)16-12-23)20-19-27(28-9-7-8-10-29(28)34-5)24-13-17-26(18-14-24)35-22(2)3/h7-18,22,27H,6,19-21H2,1-5H3. The summed E-state index contributed by atoms with van der Waals surface area (Å²) in [7, 11) is 3.35. The zero-order chi connectivity index (χ0) is 25.2. The number of benzene rings is 3. The van der Waals surface area contributed by atoms with Gasteiger partial charge < -0.3 is 19.1 Å². The molecule has 0 spiro atoms. The molecular weight excluding hydrogens is 438 g/mol. The van der Waals surface area contributed by atoms with Gasteiger partial charge in [-0.25, -0.2) is 0 Å². The van der Waals surface area contributed by atoms with E-state index in [1.165, 1.54) is 5.56 Å². The molecule has 0 saturated heterocycles. The van der Waals surface area contributed by atoms with E-state index in [9.17, 15) is 4.79 Å². The van der Waals surface area contributed by atoms with Crippen LogP contribution >= 0.6 is 0 Å². The average Bonchev–Trinajstić information content (AvgIpc) is 2.88. The van der Waals surface area contributed by atoms with Crippen molar-refractivity contribution >= 4 is 5.91 Å². The Bertz CT molecular complexity index is 1060. The quantitative estimate of drug-likeness (QED) is 0.302. The third-order valence-electron chi connectivity index (χ3n) is 6.04. The SMILES string of the molecule is CCC(=O)N(CCC(c1ccc(OC(C)C)cc1)c1ccccc1OC)Cc1ccc(OC)cc1. The summed E-state index contributed by atoms with van der Waals surface area (Å²) >= 11 is 0. The van der Waals surface area contributed by atoms with Gasteiger partial charge in [-0.3, -0.25) is 4.79 Å². The Morgan fingerprint density at radius 3 is 2.11 bits per heavy atom. The lowest BCUT2D eigenvalue weighted by atomic mass is 9.87. The van der Waals surface area contributed by atoms with Crippen LogP contribution in [0.5, 0.6) is 17.2 Å². The summed E-state index contributed by atoms with van der Waals surface area (Å²) in [6, 6.07) is 24.3. The second-order valence-corrected chi connectivity index (χ2v) is 8.84. The molecule has 5 nitrogen and oxygen atoms in total. The van der Waals surface area contributed by atoms with Crippen molar-refractivity contribution in [2.45, 2.75) is 52.2 Å². The number of hydrogen-bond donors (Lipinski definition) is 0. The van der Waals surface area contributed by atoms with Crippen LogP contribution in [0.15, 0.2) is 72.8 Å². The number of amides is 1. The summed E-state index contributed by atoms with van der Waals surface area (Å²) in [5.41, 5.74) is 3.36. The third kappa shape index (κ3) is 7.25. The molecule has 5 heteroatoms. The maximum Gasteiger partial charge on any atom is 0.222 e. The molecule has 0 heterocycles. The van der Waals surface area contributed by atoms with Gasteiger partial charge in [0.05, 0.1) is 20.3 Å². The first-order chi connectivity index (χ1) is 16.9. The van der Waals surface area contributed by atoms with Crippen LogP contribution in [0.3, 0.4) is 0 Å². The number of rotatable bonds is 12. The normalized spacial score (nSPS) is 11.7. The zero-order valence-corrected chi connectivity index (χ0v) is 21.5. The molecule has 3 aromatic carbocycles. The molecule has 3 rings (SSSR count). The molecule has 0 aliphatic carbocycles. The van der Waals surface area contributed by atoms with Crippen molar-refractivity contribution in [1.29, 1.82) is 0 Å². The van der Waals surface area contributed by atoms with Gasteiger partial charge in [0.1, 0.15) is 17.2 Å². The van der Waals surface area contributed by atoms with E-state index in [0.717, 1.165) is 34.8 Å². The van der Waals surface area contributed by atoms with Crippen molar-refractivity contribution in [1.82, 2.24) is 4.90 Å². The number of para-hydroxylation sites is 1. The van der Waals surface area contributed by atoms with Crippen molar-refractivity contribution in [3.05, 3.63) is 89.5 Å². The largest absolute Gasteiger partial charge is 0.497 e. The summed E-state index contributed by atoms with van der Waals surface area (Å²) in [6.45, 7) is 7.15. The first-order valence-corrected chi connectivity index (χ1v) is 12.2. The first-order valence-electron chi connectivity index (χ1n) is 12.2. The minimum Gasteiger partial charge on any atom is -0.497 e. The fourth-order valence-electron chi connectivity index (χ4n) is 4.26. The van der Waals surface area contributed by atoms with Crippen LogP contribution in [-0.4, -0.2) is 37.7 Å². The molecule has 0 aliphatic heterocycles.